The van der Waals surface area contributed by atoms with Crippen molar-refractivity contribution >= 4 is 29.4 Å². The van der Waals surface area contributed by atoms with Crippen LogP contribution in [0.25, 0.3) is 0 Å². The number of hydroxylamine groups is 1. The van der Waals surface area contributed by atoms with E-state index < -0.39 is 24.2 Å². The Hall–Kier alpha value is -4.15. The average Bonchev–Trinajstić information content (AvgIpc) is 2.94. The van der Waals surface area contributed by atoms with Gasteiger partial charge in [-0.2, -0.15) is 0 Å². The first-order valence-corrected chi connectivity index (χ1v) is 13.0. The van der Waals surface area contributed by atoms with Crippen LogP contribution < -0.4 is 20.3 Å². The van der Waals surface area contributed by atoms with Crippen molar-refractivity contribution in [3.05, 3.63) is 90.5 Å². The van der Waals surface area contributed by atoms with Crippen molar-refractivity contribution in [1.29, 1.82) is 0 Å². The molecule has 2 amide bonds. The first-order valence-electron chi connectivity index (χ1n) is 11.7. The molecule has 0 radical (unpaired) electrons. The number of allylic oxidation sites excluding steroid dienone is 1. The molecule has 0 unspecified atom stereocenters. The Bertz CT molecular complexity index is 1220. The van der Waals surface area contributed by atoms with Gasteiger partial charge in [-0.05, 0) is 67.6 Å². The Morgan fingerprint density at radius 1 is 1.05 bits per heavy atom. The first kappa shape index (κ1) is 28.4. The highest BCUT2D eigenvalue weighted by atomic mass is 32.2. The summed E-state index contributed by atoms with van der Waals surface area (Å²) in [5.74, 6) is 0.0354. The van der Waals surface area contributed by atoms with Crippen molar-refractivity contribution < 1.29 is 34.1 Å². The summed E-state index contributed by atoms with van der Waals surface area (Å²) >= 11 is 1.59. The number of phenols is 1. The number of thioether (sulfide) groups is 1. The number of hydrogen-bond acceptors (Lipinski definition) is 8. The Balaban J connectivity index is 1.90. The zero-order chi connectivity index (χ0) is 27.3. The van der Waals surface area contributed by atoms with Crippen LogP contribution in [0.4, 0.5) is 10.5 Å². The van der Waals surface area contributed by atoms with E-state index in [1.165, 1.54) is 24.7 Å². The maximum absolute atomic E-state index is 13.0. The van der Waals surface area contributed by atoms with E-state index in [1.807, 2.05) is 36.6 Å². The summed E-state index contributed by atoms with van der Waals surface area (Å²) in [7, 11) is 1.44. The van der Waals surface area contributed by atoms with Crippen molar-refractivity contribution in [3.8, 4) is 17.2 Å². The highest BCUT2D eigenvalue weighted by molar-refractivity contribution is 7.98. The molecule has 3 rings (SSSR count). The molecule has 0 saturated heterocycles. The molecule has 200 valence electrons. The zero-order valence-electron chi connectivity index (χ0n) is 21.0. The quantitative estimate of drug-likeness (QED) is 0.100. The number of anilines is 1. The van der Waals surface area contributed by atoms with Gasteiger partial charge in [0.2, 0.25) is 0 Å². The fourth-order valence-electron chi connectivity index (χ4n) is 3.61. The number of para-hydroxylation sites is 1. The second kappa shape index (κ2) is 14.6. The van der Waals surface area contributed by atoms with Crippen LogP contribution in [0, 0.1) is 0 Å². The standard InChI is InChI=1S/C28H30N2O7S/c1-35-24-17-12-19(18-23(24)31)27(37-28(33)29-20-13-15-22(38-2)16-14-20)25(10-6-7-11-26(32)30-34)36-21-8-4-3-5-9-21/h3-5,7-9,11-18,25,27,31,34H,6,10H2,1-2H3,(H,29,33)(H,30,32)/b11-7+/t25-,27-/m1/s1. The van der Waals surface area contributed by atoms with Crippen LogP contribution in [-0.4, -0.2) is 41.8 Å². The summed E-state index contributed by atoms with van der Waals surface area (Å²) in [6, 6.07) is 21.1. The molecule has 0 aromatic heterocycles. The molecular formula is C28H30N2O7S. The Labute approximate surface area is 225 Å². The van der Waals surface area contributed by atoms with Crippen LogP contribution >= 0.6 is 11.8 Å². The summed E-state index contributed by atoms with van der Waals surface area (Å²) in [4.78, 5) is 25.4. The molecule has 38 heavy (non-hydrogen) atoms. The lowest BCUT2D eigenvalue weighted by molar-refractivity contribution is -0.124. The van der Waals surface area contributed by atoms with Crippen molar-refractivity contribution in [2.24, 2.45) is 0 Å². The number of nitrogens with one attached hydrogen (secondary N) is 2. The van der Waals surface area contributed by atoms with Gasteiger partial charge in [-0.25, -0.2) is 10.3 Å². The number of methoxy groups -OCH3 is 1. The highest BCUT2D eigenvalue weighted by Crippen LogP contribution is 2.34. The minimum Gasteiger partial charge on any atom is -0.504 e. The second-order valence-corrected chi connectivity index (χ2v) is 8.92. The number of benzene rings is 3. The fourth-order valence-corrected chi connectivity index (χ4v) is 4.02. The van der Waals surface area contributed by atoms with Crippen LogP contribution in [0.2, 0.25) is 0 Å². The lowest BCUT2D eigenvalue weighted by Gasteiger charge is -2.28. The predicted octanol–water partition coefficient (Wildman–Crippen LogP) is 5.70. The van der Waals surface area contributed by atoms with E-state index in [4.69, 9.17) is 19.4 Å². The van der Waals surface area contributed by atoms with Gasteiger partial charge in [-0.1, -0.05) is 30.3 Å². The Kier molecular flexibility index (Phi) is 10.9. The van der Waals surface area contributed by atoms with Crippen molar-refractivity contribution in [1.82, 2.24) is 5.48 Å². The van der Waals surface area contributed by atoms with Gasteiger partial charge in [0.1, 0.15) is 11.9 Å². The lowest BCUT2D eigenvalue weighted by Crippen LogP contribution is -2.31. The first-order chi connectivity index (χ1) is 18.4. The number of hydrogen-bond donors (Lipinski definition) is 4. The molecule has 0 bridgehead atoms. The van der Waals surface area contributed by atoms with Crippen molar-refractivity contribution in [3.63, 3.8) is 0 Å². The molecule has 10 heteroatoms. The van der Waals surface area contributed by atoms with E-state index in [2.05, 4.69) is 5.32 Å². The molecule has 0 saturated carbocycles. The predicted molar refractivity (Wildman–Crippen MR) is 145 cm³/mol. The fraction of sp³-hybridized carbons (Fsp3) is 0.214. The van der Waals surface area contributed by atoms with Gasteiger partial charge in [0, 0.05) is 22.2 Å². The van der Waals surface area contributed by atoms with E-state index in [0.717, 1.165) is 4.90 Å². The monoisotopic (exact) mass is 538 g/mol. The topological polar surface area (TPSA) is 126 Å². The molecule has 3 aromatic rings. The molecule has 0 heterocycles. The molecule has 3 aromatic carbocycles. The van der Waals surface area contributed by atoms with Crippen molar-refractivity contribution in [2.75, 3.05) is 18.7 Å². The molecule has 2 atom stereocenters. The summed E-state index contributed by atoms with van der Waals surface area (Å²) in [5.41, 5.74) is 2.58. The Morgan fingerprint density at radius 2 is 1.79 bits per heavy atom. The molecule has 0 aliphatic carbocycles. The second-order valence-electron chi connectivity index (χ2n) is 8.04. The van der Waals surface area contributed by atoms with Gasteiger partial charge >= 0.3 is 6.09 Å². The Morgan fingerprint density at radius 3 is 2.42 bits per heavy atom. The number of aromatic hydroxyl groups is 1. The van der Waals surface area contributed by atoms with Crippen LogP contribution in [0.5, 0.6) is 17.2 Å². The molecule has 0 fully saturated rings. The van der Waals surface area contributed by atoms with Gasteiger partial charge in [0.15, 0.2) is 17.6 Å². The van der Waals surface area contributed by atoms with Crippen LogP contribution in [0.3, 0.4) is 0 Å². The van der Waals surface area contributed by atoms with E-state index in [0.29, 0.717) is 29.8 Å². The third-order valence-corrected chi connectivity index (χ3v) is 6.21. The van der Waals surface area contributed by atoms with Gasteiger partial charge in [-0.15, -0.1) is 11.8 Å². The molecule has 9 nitrogen and oxygen atoms in total. The molecular weight excluding hydrogens is 508 g/mol. The van der Waals surface area contributed by atoms with Gasteiger partial charge in [-0.3, -0.25) is 15.3 Å². The molecule has 0 spiro atoms. The minimum atomic E-state index is -0.947. The number of carbonyl (C=O) groups is 2. The van der Waals surface area contributed by atoms with Crippen LogP contribution in [-0.2, 0) is 9.53 Å². The van der Waals surface area contributed by atoms with E-state index in [1.54, 1.807) is 54.2 Å². The number of carbonyl (C=O) groups excluding carboxylic acids is 2. The minimum absolute atomic E-state index is 0.121. The molecule has 4 N–H and O–H groups in total. The van der Waals surface area contributed by atoms with Crippen LogP contribution in [0.15, 0.2) is 89.8 Å². The van der Waals surface area contributed by atoms with E-state index in [9.17, 15) is 14.7 Å². The van der Waals surface area contributed by atoms with Gasteiger partial charge in [0.25, 0.3) is 5.91 Å². The maximum Gasteiger partial charge on any atom is 0.412 e. The third-order valence-electron chi connectivity index (χ3n) is 5.47. The lowest BCUT2D eigenvalue weighted by atomic mass is 9.99. The summed E-state index contributed by atoms with van der Waals surface area (Å²) in [5, 5.41) is 21.9. The maximum atomic E-state index is 13.0. The number of rotatable bonds is 12. The SMILES string of the molecule is COc1ccc([C@@H](OC(=O)Nc2ccc(SC)cc2)[C@@H](CC/C=C/C(=O)NO)Oc2ccccc2)cc1O. The summed E-state index contributed by atoms with van der Waals surface area (Å²) < 4.78 is 17.3. The van der Waals surface area contributed by atoms with Gasteiger partial charge in [0.05, 0.1) is 7.11 Å². The summed E-state index contributed by atoms with van der Waals surface area (Å²) in [6.07, 6.45) is 3.06. The third kappa shape index (κ3) is 8.46. The number of phenolic OH excluding ortho intramolecular Hbond substituents is 1. The van der Waals surface area contributed by atoms with E-state index >= 15 is 0 Å². The normalized spacial score (nSPS) is 12.4. The molecule has 0 aliphatic heterocycles. The van der Waals surface area contributed by atoms with Crippen molar-refractivity contribution in [2.45, 2.75) is 29.9 Å². The molecule has 0 aliphatic rings. The summed E-state index contributed by atoms with van der Waals surface area (Å²) in [6.45, 7) is 0. The zero-order valence-corrected chi connectivity index (χ0v) is 21.8. The van der Waals surface area contributed by atoms with Crippen LogP contribution in [0.1, 0.15) is 24.5 Å². The smallest absolute Gasteiger partial charge is 0.412 e. The average molecular weight is 539 g/mol. The number of amides is 2. The highest BCUT2D eigenvalue weighted by Gasteiger charge is 2.30. The van der Waals surface area contributed by atoms with Gasteiger partial charge < -0.3 is 19.3 Å². The van der Waals surface area contributed by atoms with E-state index in [-0.39, 0.29) is 11.5 Å². The largest absolute Gasteiger partial charge is 0.504 e. The number of ether oxygens (including phenoxy) is 3.